The molecule has 0 aromatic heterocycles. The van der Waals surface area contributed by atoms with Crippen molar-refractivity contribution < 1.29 is 17.3 Å². The Morgan fingerprint density at radius 2 is 2.06 bits per heavy atom. The Kier molecular flexibility index (Phi) is 2.91. The average molecular weight is 287 g/mol. The number of benzene rings is 1. The quantitative estimate of drug-likeness (QED) is 0.603. The molecule has 7 heteroatoms. The summed E-state index contributed by atoms with van der Waals surface area (Å²) in [6, 6.07) is 7.43. The van der Waals surface area contributed by atoms with Gasteiger partial charge in [-0.3, -0.25) is 8.49 Å². The lowest BCUT2D eigenvalue weighted by Crippen LogP contribution is -2.32. The van der Waals surface area contributed by atoms with Gasteiger partial charge in [-0.1, -0.05) is 0 Å². The van der Waals surface area contributed by atoms with Gasteiger partial charge in [-0.15, -0.1) is 0 Å². The van der Waals surface area contributed by atoms with Gasteiger partial charge >= 0.3 is 0 Å². The van der Waals surface area contributed by atoms with E-state index < -0.39 is 9.84 Å². The third kappa shape index (κ3) is 2.06. The number of anilines is 1. The fraction of sp³-hybridized carbons (Fsp3) is 0.455. The second-order valence-electron chi connectivity index (χ2n) is 4.38. The van der Waals surface area contributed by atoms with Crippen molar-refractivity contribution in [2.75, 3.05) is 22.9 Å². The van der Waals surface area contributed by atoms with Gasteiger partial charge in [-0.25, -0.2) is 8.42 Å². The average Bonchev–Trinajstić information content (AvgIpc) is 2.84. The Balaban J connectivity index is 1.84. The zero-order valence-electron chi connectivity index (χ0n) is 9.78. The molecule has 2 atom stereocenters. The van der Waals surface area contributed by atoms with Gasteiger partial charge in [0.15, 0.2) is 9.84 Å². The van der Waals surface area contributed by atoms with Crippen molar-refractivity contribution in [2.24, 2.45) is 0 Å². The number of rotatable bonds is 2. The van der Waals surface area contributed by atoms with E-state index in [0.29, 0.717) is 0 Å². The second-order valence-corrected chi connectivity index (χ2v) is 7.27. The lowest BCUT2D eigenvalue weighted by Gasteiger charge is -2.20. The molecule has 0 spiro atoms. The largest absolute Gasteiger partial charge is 0.497 e. The normalized spacial score (nSPS) is 29.3. The number of hydrogen-bond acceptors (Lipinski definition) is 6. The van der Waals surface area contributed by atoms with Gasteiger partial charge in [0, 0.05) is 5.69 Å². The summed E-state index contributed by atoms with van der Waals surface area (Å²) < 4.78 is 35.7. The van der Waals surface area contributed by atoms with E-state index in [1.54, 1.807) is 7.11 Å². The molecule has 3 rings (SSSR count). The van der Waals surface area contributed by atoms with Crippen LogP contribution in [-0.2, 0) is 14.0 Å². The van der Waals surface area contributed by atoms with Crippen molar-refractivity contribution in [3.05, 3.63) is 24.3 Å². The van der Waals surface area contributed by atoms with Crippen LogP contribution in [0.3, 0.4) is 0 Å². The number of nitrogens with zero attached hydrogens (tertiary/aromatic N) is 1. The molecule has 5 nitrogen and oxygen atoms in total. The van der Waals surface area contributed by atoms with Crippen LogP contribution in [0.5, 0.6) is 5.75 Å². The number of sulfone groups is 1. The zero-order valence-corrected chi connectivity index (χ0v) is 11.4. The summed E-state index contributed by atoms with van der Waals surface area (Å²) in [6.07, 6.45) is -0.220. The summed E-state index contributed by atoms with van der Waals surface area (Å²) in [5, 5.41) is 0. The van der Waals surface area contributed by atoms with Gasteiger partial charge in [-0.05, 0) is 24.3 Å². The van der Waals surface area contributed by atoms with E-state index in [1.165, 1.54) is 12.2 Å². The number of ether oxygens (including phenoxy) is 1. The number of fused-ring (bicyclic) bond motifs is 1. The van der Waals surface area contributed by atoms with Gasteiger partial charge in [0.05, 0.1) is 24.7 Å². The Morgan fingerprint density at radius 1 is 1.33 bits per heavy atom. The first-order valence-corrected chi connectivity index (χ1v) is 8.08. The van der Waals surface area contributed by atoms with Crippen molar-refractivity contribution in [1.29, 1.82) is 0 Å². The predicted octanol–water partition coefficient (Wildman–Crippen LogP) is 1.26. The van der Waals surface area contributed by atoms with Crippen LogP contribution >= 0.6 is 12.2 Å². The molecule has 0 unspecified atom stereocenters. The molecule has 1 aromatic rings. The molecule has 0 amide bonds. The van der Waals surface area contributed by atoms with Gasteiger partial charge in [0.1, 0.15) is 24.1 Å². The summed E-state index contributed by atoms with van der Waals surface area (Å²) in [5.74, 6) is 1.06. The summed E-state index contributed by atoms with van der Waals surface area (Å²) in [7, 11) is -1.35. The molecule has 0 N–H and O–H groups in total. The molecule has 2 fully saturated rings. The molecule has 18 heavy (non-hydrogen) atoms. The first kappa shape index (κ1) is 12.1. The minimum absolute atomic E-state index is 0.0894. The second kappa shape index (κ2) is 4.32. The molecule has 1 aromatic carbocycles. The minimum atomic E-state index is -2.96. The van der Waals surface area contributed by atoms with Crippen LogP contribution in [0.1, 0.15) is 0 Å². The van der Waals surface area contributed by atoms with Crippen LogP contribution < -0.4 is 9.04 Å². The molecule has 2 saturated heterocycles. The van der Waals surface area contributed by atoms with Crippen LogP contribution in [0.4, 0.5) is 5.69 Å². The standard InChI is InChI=1S/C11H13NO4S2/c1-15-9-4-2-8(3-5-9)12-10-6-18(13,14)7-11(10)16-17-12/h2-5,10-11H,6-7H2,1H3/t10-,11-/m0/s1. The molecule has 0 radical (unpaired) electrons. The fourth-order valence-corrected chi connectivity index (χ4v) is 5.15. The minimum Gasteiger partial charge on any atom is -0.497 e. The summed E-state index contributed by atoms with van der Waals surface area (Å²) in [4.78, 5) is 0. The topological polar surface area (TPSA) is 55.8 Å². The van der Waals surface area contributed by atoms with Crippen molar-refractivity contribution in [3.8, 4) is 5.75 Å². The van der Waals surface area contributed by atoms with E-state index in [4.69, 9.17) is 8.92 Å². The van der Waals surface area contributed by atoms with Crippen LogP contribution in [0.25, 0.3) is 0 Å². The van der Waals surface area contributed by atoms with Gasteiger partial charge in [-0.2, -0.15) is 0 Å². The van der Waals surface area contributed by atoms with Crippen molar-refractivity contribution in [2.45, 2.75) is 12.1 Å². The maximum atomic E-state index is 11.6. The van der Waals surface area contributed by atoms with Crippen LogP contribution in [-0.4, -0.2) is 39.2 Å². The number of hydrogen-bond donors (Lipinski definition) is 0. The van der Waals surface area contributed by atoms with Crippen molar-refractivity contribution in [1.82, 2.24) is 0 Å². The van der Waals surface area contributed by atoms with Crippen LogP contribution in [0.2, 0.25) is 0 Å². The molecule has 2 aliphatic heterocycles. The predicted molar refractivity (Wildman–Crippen MR) is 70.4 cm³/mol. The first-order chi connectivity index (χ1) is 8.59. The smallest absolute Gasteiger partial charge is 0.155 e. The highest BCUT2D eigenvalue weighted by molar-refractivity contribution is 7.97. The fourth-order valence-electron chi connectivity index (χ4n) is 2.23. The molecule has 98 valence electrons. The highest BCUT2D eigenvalue weighted by Crippen LogP contribution is 2.40. The first-order valence-electron chi connectivity index (χ1n) is 5.56. The molecular formula is C11H13NO4S2. The highest BCUT2D eigenvalue weighted by Gasteiger charge is 2.47. The monoisotopic (exact) mass is 287 g/mol. The van der Waals surface area contributed by atoms with E-state index >= 15 is 0 Å². The van der Waals surface area contributed by atoms with E-state index in [1.807, 2.05) is 28.6 Å². The molecular weight excluding hydrogens is 274 g/mol. The molecule has 0 saturated carbocycles. The molecule has 2 heterocycles. The van der Waals surface area contributed by atoms with Gasteiger partial charge < -0.3 is 4.74 Å². The van der Waals surface area contributed by atoms with E-state index in [-0.39, 0.29) is 23.7 Å². The summed E-state index contributed by atoms with van der Waals surface area (Å²) in [6.45, 7) is 0. The Bertz CT molecular complexity index is 543. The Labute approximate surface area is 110 Å². The maximum absolute atomic E-state index is 11.6. The molecule has 2 aliphatic rings. The Hall–Kier alpha value is -0.920. The van der Waals surface area contributed by atoms with Crippen LogP contribution in [0.15, 0.2) is 24.3 Å². The summed E-state index contributed by atoms with van der Waals surface area (Å²) >= 11 is 1.23. The molecule has 0 bridgehead atoms. The van der Waals surface area contributed by atoms with E-state index in [9.17, 15) is 8.42 Å². The van der Waals surface area contributed by atoms with Crippen molar-refractivity contribution >= 4 is 27.8 Å². The SMILES string of the molecule is COc1ccc(N2SO[C@H]3CS(=O)(=O)C[C@@H]32)cc1. The van der Waals surface area contributed by atoms with Gasteiger partial charge in [0.2, 0.25) is 0 Å². The summed E-state index contributed by atoms with van der Waals surface area (Å²) in [5.41, 5.74) is 0.936. The van der Waals surface area contributed by atoms with Crippen molar-refractivity contribution in [3.63, 3.8) is 0 Å². The third-order valence-electron chi connectivity index (χ3n) is 3.15. The lowest BCUT2D eigenvalue weighted by atomic mass is 10.2. The highest BCUT2D eigenvalue weighted by atomic mass is 32.2. The number of methoxy groups -OCH3 is 1. The van der Waals surface area contributed by atoms with E-state index in [0.717, 1.165) is 11.4 Å². The zero-order chi connectivity index (χ0) is 12.8. The molecule has 0 aliphatic carbocycles. The maximum Gasteiger partial charge on any atom is 0.155 e. The lowest BCUT2D eigenvalue weighted by molar-refractivity contribution is 0.282. The van der Waals surface area contributed by atoms with Crippen LogP contribution in [0, 0.1) is 0 Å². The van der Waals surface area contributed by atoms with E-state index in [2.05, 4.69) is 0 Å². The van der Waals surface area contributed by atoms with Gasteiger partial charge in [0.25, 0.3) is 0 Å². The third-order valence-corrected chi connectivity index (χ3v) is 5.81. The Morgan fingerprint density at radius 3 is 2.72 bits per heavy atom.